The summed E-state index contributed by atoms with van der Waals surface area (Å²) in [5.41, 5.74) is 1.16. The molecule has 0 spiro atoms. The van der Waals surface area contributed by atoms with Crippen LogP contribution in [-0.4, -0.2) is 32.0 Å². The normalized spacial score (nSPS) is 12.2. The Balaban J connectivity index is 2.67. The summed E-state index contributed by atoms with van der Waals surface area (Å²) in [7, 11) is 1.67. The first-order chi connectivity index (χ1) is 10.2. The third-order valence-electron chi connectivity index (χ3n) is 3.45. The van der Waals surface area contributed by atoms with Gasteiger partial charge in [-0.25, -0.2) is 0 Å². The minimum absolute atomic E-state index is 0.252. The van der Waals surface area contributed by atoms with Gasteiger partial charge in [0, 0.05) is 24.3 Å². The molecule has 0 bridgehead atoms. The van der Waals surface area contributed by atoms with Gasteiger partial charge in [-0.3, -0.25) is 0 Å². The number of aliphatic hydroxyl groups excluding tert-OH is 1. The predicted molar refractivity (Wildman–Crippen MR) is 86.1 cm³/mol. The monoisotopic (exact) mass is 295 g/mol. The van der Waals surface area contributed by atoms with Crippen molar-refractivity contribution in [2.75, 3.05) is 26.9 Å². The number of aliphatic hydroxyl groups is 1. The van der Waals surface area contributed by atoms with Crippen LogP contribution >= 0.6 is 0 Å². The van der Waals surface area contributed by atoms with Crippen LogP contribution in [0.15, 0.2) is 18.2 Å². The number of hydrogen-bond donors (Lipinski definition) is 2. The summed E-state index contributed by atoms with van der Waals surface area (Å²) in [5.74, 6) is 1.70. The van der Waals surface area contributed by atoms with Crippen molar-refractivity contribution < 1.29 is 14.6 Å². The van der Waals surface area contributed by atoms with Crippen LogP contribution in [0.4, 0.5) is 0 Å². The van der Waals surface area contributed by atoms with Gasteiger partial charge in [0.05, 0.1) is 13.7 Å². The van der Waals surface area contributed by atoms with Gasteiger partial charge in [0.1, 0.15) is 11.5 Å². The quantitative estimate of drug-likeness (QED) is 0.615. The Bertz CT molecular complexity index is 396. The lowest BCUT2D eigenvalue weighted by Gasteiger charge is -2.19. The second kappa shape index (κ2) is 10.5. The average molecular weight is 295 g/mol. The van der Waals surface area contributed by atoms with Gasteiger partial charge in [-0.05, 0) is 45.2 Å². The molecule has 0 heterocycles. The maximum atomic E-state index is 8.78. The van der Waals surface area contributed by atoms with Crippen LogP contribution in [-0.2, 0) is 0 Å². The number of unbranched alkanes of at least 4 members (excludes halogenated alkanes) is 2. The van der Waals surface area contributed by atoms with Crippen LogP contribution in [0.25, 0.3) is 0 Å². The number of methoxy groups -OCH3 is 1. The van der Waals surface area contributed by atoms with E-state index in [4.69, 9.17) is 14.6 Å². The summed E-state index contributed by atoms with van der Waals surface area (Å²) in [6, 6.07) is 6.24. The van der Waals surface area contributed by atoms with Crippen molar-refractivity contribution in [1.29, 1.82) is 0 Å². The molecule has 1 aromatic carbocycles. The standard InChI is InChI=1S/C17H29NO3/c1-4-10-18-14(2)16-9-8-15(20-3)13-17(16)21-12-7-5-6-11-19/h8-9,13-14,18-19H,4-7,10-12H2,1-3H3. The molecule has 1 unspecified atom stereocenters. The predicted octanol–water partition coefficient (Wildman–Crippen LogP) is 3.30. The van der Waals surface area contributed by atoms with E-state index in [1.807, 2.05) is 12.1 Å². The average Bonchev–Trinajstić information content (AvgIpc) is 2.52. The van der Waals surface area contributed by atoms with E-state index in [0.717, 1.165) is 49.3 Å². The van der Waals surface area contributed by atoms with E-state index >= 15 is 0 Å². The molecule has 1 atom stereocenters. The van der Waals surface area contributed by atoms with E-state index in [0.29, 0.717) is 6.61 Å². The molecule has 1 rings (SSSR count). The molecular weight excluding hydrogens is 266 g/mol. The van der Waals surface area contributed by atoms with Crippen LogP contribution in [0.1, 0.15) is 51.1 Å². The molecule has 120 valence electrons. The summed E-state index contributed by atoms with van der Waals surface area (Å²) in [4.78, 5) is 0. The second-order valence-electron chi connectivity index (χ2n) is 5.21. The van der Waals surface area contributed by atoms with Gasteiger partial charge in [-0.2, -0.15) is 0 Å². The van der Waals surface area contributed by atoms with Crippen LogP contribution in [0.5, 0.6) is 11.5 Å². The zero-order valence-electron chi connectivity index (χ0n) is 13.5. The topological polar surface area (TPSA) is 50.7 Å². The van der Waals surface area contributed by atoms with Crippen molar-refractivity contribution in [2.24, 2.45) is 0 Å². The van der Waals surface area contributed by atoms with Crippen molar-refractivity contribution in [3.8, 4) is 11.5 Å². The SMILES string of the molecule is CCCNC(C)c1ccc(OC)cc1OCCCCCO. The van der Waals surface area contributed by atoms with Crippen LogP contribution in [0.2, 0.25) is 0 Å². The molecule has 0 aromatic heterocycles. The first-order valence-corrected chi connectivity index (χ1v) is 7.87. The fourth-order valence-corrected chi connectivity index (χ4v) is 2.17. The molecule has 0 saturated heterocycles. The summed E-state index contributed by atoms with van der Waals surface area (Å²) in [6.45, 7) is 6.22. The molecule has 0 radical (unpaired) electrons. The first-order valence-electron chi connectivity index (χ1n) is 7.87. The lowest BCUT2D eigenvalue weighted by molar-refractivity contribution is 0.264. The van der Waals surface area contributed by atoms with Gasteiger partial charge in [-0.1, -0.05) is 13.0 Å². The molecule has 0 aliphatic heterocycles. The summed E-state index contributed by atoms with van der Waals surface area (Å²) in [6.07, 6.45) is 3.88. The Morgan fingerprint density at radius 1 is 1.24 bits per heavy atom. The zero-order chi connectivity index (χ0) is 15.5. The number of ether oxygens (including phenoxy) is 2. The van der Waals surface area contributed by atoms with E-state index < -0.39 is 0 Å². The third-order valence-corrected chi connectivity index (χ3v) is 3.45. The highest BCUT2D eigenvalue weighted by molar-refractivity contribution is 5.42. The van der Waals surface area contributed by atoms with Crippen LogP contribution in [0, 0.1) is 0 Å². The van der Waals surface area contributed by atoms with E-state index in [1.165, 1.54) is 0 Å². The van der Waals surface area contributed by atoms with E-state index in [-0.39, 0.29) is 12.6 Å². The second-order valence-corrected chi connectivity index (χ2v) is 5.21. The van der Waals surface area contributed by atoms with Crippen molar-refractivity contribution in [3.05, 3.63) is 23.8 Å². The molecule has 4 heteroatoms. The lowest BCUT2D eigenvalue weighted by atomic mass is 10.1. The Morgan fingerprint density at radius 2 is 2.05 bits per heavy atom. The number of hydrogen-bond acceptors (Lipinski definition) is 4. The van der Waals surface area contributed by atoms with Gasteiger partial charge < -0.3 is 19.9 Å². The number of benzene rings is 1. The van der Waals surface area contributed by atoms with E-state index in [1.54, 1.807) is 7.11 Å². The highest BCUT2D eigenvalue weighted by Crippen LogP contribution is 2.29. The molecule has 0 aliphatic rings. The van der Waals surface area contributed by atoms with Crippen LogP contribution in [0.3, 0.4) is 0 Å². The summed E-state index contributed by atoms with van der Waals surface area (Å²) < 4.78 is 11.2. The van der Waals surface area contributed by atoms with Crippen molar-refractivity contribution in [1.82, 2.24) is 5.32 Å². The Kier molecular flexibility index (Phi) is 8.87. The fraction of sp³-hybridized carbons (Fsp3) is 0.647. The Labute approximate surface area is 128 Å². The minimum atomic E-state index is 0.252. The van der Waals surface area contributed by atoms with Crippen molar-refractivity contribution >= 4 is 0 Å². The van der Waals surface area contributed by atoms with Gasteiger partial charge in [0.15, 0.2) is 0 Å². The highest BCUT2D eigenvalue weighted by atomic mass is 16.5. The van der Waals surface area contributed by atoms with Crippen LogP contribution < -0.4 is 14.8 Å². The van der Waals surface area contributed by atoms with E-state index in [2.05, 4.69) is 25.2 Å². The van der Waals surface area contributed by atoms with Crippen molar-refractivity contribution in [2.45, 2.75) is 45.6 Å². The fourth-order valence-electron chi connectivity index (χ4n) is 2.17. The molecule has 0 aliphatic carbocycles. The van der Waals surface area contributed by atoms with Crippen molar-refractivity contribution in [3.63, 3.8) is 0 Å². The van der Waals surface area contributed by atoms with Gasteiger partial charge in [-0.15, -0.1) is 0 Å². The van der Waals surface area contributed by atoms with Gasteiger partial charge in [0.25, 0.3) is 0 Å². The number of nitrogens with one attached hydrogen (secondary N) is 1. The maximum absolute atomic E-state index is 8.78. The Hall–Kier alpha value is -1.26. The molecule has 2 N–H and O–H groups in total. The molecule has 4 nitrogen and oxygen atoms in total. The smallest absolute Gasteiger partial charge is 0.127 e. The Morgan fingerprint density at radius 3 is 2.71 bits per heavy atom. The molecular formula is C17H29NO3. The molecule has 0 amide bonds. The first kappa shape index (κ1) is 17.8. The molecule has 21 heavy (non-hydrogen) atoms. The largest absolute Gasteiger partial charge is 0.497 e. The summed E-state index contributed by atoms with van der Waals surface area (Å²) >= 11 is 0. The molecule has 0 saturated carbocycles. The maximum Gasteiger partial charge on any atom is 0.127 e. The van der Waals surface area contributed by atoms with E-state index in [9.17, 15) is 0 Å². The minimum Gasteiger partial charge on any atom is -0.497 e. The van der Waals surface area contributed by atoms with Gasteiger partial charge >= 0.3 is 0 Å². The highest BCUT2D eigenvalue weighted by Gasteiger charge is 2.12. The lowest BCUT2D eigenvalue weighted by Crippen LogP contribution is -2.20. The zero-order valence-corrected chi connectivity index (χ0v) is 13.5. The van der Waals surface area contributed by atoms with Gasteiger partial charge in [0.2, 0.25) is 0 Å². The third kappa shape index (κ3) is 6.36. The number of rotatable bonds is 11. The molecule has 1 aromatic rings. The summed E-state index contributed by atoms with van der Waals surface area (Å²) in [5, 5.41) is 12.3. The molecule has 0 fully saturated rings.